The van der Waals surface area contributed by atoms with E-state index in [1.165, 1.54) is 16.0 Å². The van der Waals surface area contributed by atoms with Crippen molar-refractivity contribution in [3.63, 3.8) is 0 Å². The first-order valence-electron chi connectivity index (χ1n) is 16.5. The van der Waals surface area contributed by atoms with Gasteiger partial charge in [0.2, 0.25) is 0 Å². The van der Waals surface area contributed by atoms with Crippen molar-refractivity contribution in [2.24, 2.45) is 26.8 Å². The van der Waals surface area contributed by atoms with Gasteiger partial charge in [-0.05, 0) is 98.3 Å². The van der Waals surface area contributed by atoms with Crippen molar-refractivity contribution in [2.45, 2.75) is 71.6 Å². The SMILES string of the molecule is CCC1=C(C)C2=NC1=CC1=C(C)C3=C(O)CC(=C4NC(=CC5=NC(=C2)C(CCSc2ccccc2)=C5C)[C@@H](C)[C@@H]4CCC(=O)O)C3=N1. The highest BCUT2D eigenvalue weighted by molar-refractivity contribution is 7.99. The molecular formula is C39H40N4O3S. The van der Waals surface area contributed by atoms with Crippen molar-refractivity contribution in [1.29, 1.82) is 0 Å². The lowest BCUT2D eigenvalue weighted by Crippen LogP contribution is -2.15. The quantitative estimate of drug-likeness (QED) is 0.246. The van der Waals surface area contributed by atoms with Crippen molar-refractivity contribution in [3.8, 4) is 0 Å². The Morgan fingerprint density at radius 1 is 0.957 bits per heavy atom. The highest BCUT2D eigenvalue weighted by atomic mass is 32.2. The normalized spacial score (nSPS) is 23.3. The zero-order valence-corrected chi connectivity index (χ0v) is 28.4. The molecular weight excluding hydrogens is 605 g/mol. The molecule has 1 aromatic carbocycles. The number of fused-ring (bicyclic) bond motifs is 5. The number of hydrogen-bond donors (Lipinski definition) is 3. The summed E-state index contributed by atoms with van der Waals surface area (Å²) in [5.41, 5.74) is 14.6. The molecule has 240 valence electrons. The Morgan fingerprint density at radius 2 is 1.66 bits per heavy atom. The topological polar surface area (TPSA) is 107 Å². The molecule has 5 aliphatic heterocycles. The molecule has 7 nitrogen and oxygen atoms in total. The van der Waals surface area contributed by atoms with Crippen LogP contribution in [-0.2, 0) is 4.79 Å². The van der Waals surface area contributed by atoms with Crippen LogP contribution in [0.2, 0.25) is 0 Å². The Bertz CT molecular complexity index is 1960. The zero-order chi connectivity index (χ0) is 33.0. The van der Waals surface area contributed by atoms with Gasteiger partial charge in [0.15, 0.2) is 0 Å². The highest BCUT2D eigenvalue weighted by Crippen LogP contribution is 2.46. The standard InChI is InChI=1S/C39H40N4O3S/c1-6-25-20(2)30-18-34-26(14-15-47-24-10-8-7-9-11-24)21(3)29(41-34)17-31-22(4)27(12-13-36(45)46)38(42-31)28-16-35(44)37-23(5)32(43-39(28)37)19-33(25)40-30/h7-11,17-19,22,27,42,44H,6,12-16H2,1-5H3,(H,45,46)/t22-,27-/m0/s1. The molecule has 0 spiro atoms. The Balaban J connectivity index is 1.38. The van der Waals surface area contributed by atoms with Crippen LogP contribution in [0.15, 0.2) is 142 Å². The lowest BCUT2D eigenvalue weighted by Gasteiger charge is -2.17. The molecule has 0 aromatic heterocycles. The Kier molecular flexibility index (Phi) is 8.16. The molecule has 0 saturated carbocycles. The number of aliphatic imine (C=N–C) groups is 3. The third kappa shape index (κ3) is 5.52. The Morgan fingerprint density at radius 3 is 2.38 bits per heavy atom. The van der Waals surface area contributed by atoms with E-state index in [2.05, 4.69) is 75.5 Å². The minimum Gasteiger partial charge on any atom is -0.511 e. The van der Waals surface area contributed by atoms with E-state index in [0.717, 1.165) is 92.1 Å². The van der Waals surface area contributed by atoms with Crippen molar-refractivity contribution in [1.82, 2.24) is 5.32 Å². The number of carboxylic acids is 1. The van der Waals surface area contributed by atoms with Gasteiger partial charge in [-0.2, -0.15) is 0 Å². The van der Waals surface area contributed by atoms with Crippen molar-refractivity contribution in [3.05, 3.63) is 122 Å². The van der Waals surface area contributed by atoms with Crippen LogP contribution in [0.25, 0.3) is 0 Å². The van der Waals surface area contributed by atoms with Gasteiger partial charge in [0.25, 0.3) is 0 Å². The molecule has 3 N–H and O–H groups in total. The first-order chi connectivity index (χ1) is 22.6. The van der Waals surface area contributed by atoms with Crippen molar-refractivity contribution < 1.29 is 15.0 Å². The van der Waals surface area contributed by atoms with Crippen LogP contribution in [0, 0.1) is 11.8 Å². The van der Waals surface area contributed by atoms with Crippen LogP contribution in [0.3, 0.4) is 0 Å². The van der Waals surface area contributed by atoms with E-state index in [9.17, 15) is 15.0 Å². The van der Waals surface area contributed by atoms with Crippen LogP contribution in [0.4, 0.5) is 0 Å². The molecule has 1 fully saturated rings. The maximum Gasteiger partial charge on any atom is 0.303 e. The minimum absolute atomic E-state index is 0.0367. The summed E-state index contributed by atoms with van der Waals surface area (Å²) >= 11 is 1.85. The van der Waals surface area contributed by atoms with Crippen molar-refractivity contribution >= 4 is 34.9 Å². The summed E-state index contributed by atoms with van der Waals surface area (Å²) in [5, 5.41) is 24.6. The van der Waals surface area contributed by atoms with E-state index in [1.54, 1.807) is 0 Å². The number of aliphatic hydroxyl groups is 1. The first-order valence-corrected chi connectivity index (χ1v) is 17.5. The minimum atomic E-state index is -0.812. The first kappa shape index (κ1) is 31.2. The number of aliphatic carboxylic acids is 1. The van der Waals surface area contributed by atoms with Crippen LogP contribution in [-0.4, -0.2) is 39.1 Å². The van der Waals surface area contributed by atoms with Gasteiger partial charge in [-0.3, -0.25) is 4.79 Å². The van der Waals surface area contributed by atoms with Crippen LogP contribution < -0.4 is 5.32 Å². The van der Waals surface area contributed by atoms with Crippen LogP contribution in [0.1, 0.15) is 66.7 Å². The van der Waals surface area contributed by atoms with E-state index in [0.29, 0.717) is 18.6 Å². The third-order valence-corrected chi connectivity index (χ3v) is 11.2. The fourth-order valence-electron chi connectivity index (χ4n) is 7.54. The summed E-state index contributed by atoms with van der Waals surface area (Å²) in [7, 11) is 0. The summed E-state index contributed by atoms with van der Waals surface area (Å²) in [6.07, 6.45) is 8.98. The van der Waals surface area contributed by atoms with Gasteiger partial charge in [-0.15, -0.1) is 11.8 Å². The fourth-order valence-corrected chi connectivity index (χ4v) is 8.43. The molecule has 0 unspecified atom stereocenters. The average molecular weight is 645 g/mol. The number of aliphatic hydroxyl groups excluding tert-OH is 1. The number of hydrogen-bond acceptors (Lipinski definition) is 7. The summed E-state index contributed by atoms with van der Waals surface area (Å²) < 4.78 is 0. The summed E-state index contributed by atoms with van der Waals surface area (Å²) in [5.74, 6) is 0.407. The van der Waals surface area contributed by atoms with E-state index in [4.69, 9.17) is 15.0 Å². The second kappa shape index (κ2) is 12.3. The number of thioether (sulfide) groups is 1. The van der Waals surface area contributed by atoms with Gasteiger partial charge < -0.3 is 15.5 Å². The molecule has 7 rings (SSSR count). The second-order valence-corrected chi connectivity index (χ2v) is 14.1. The summed E-state index contributed by atoms with van der Waals surface area (Å²) in [6, 6.07) is 10.5. The maximum absolute atomic E-state index is 11.7. The summed E-state index contributed by atoms with van der Waals surface area (Å²) in [4.78, 5) is 28.5. The molecule has 0 radical (unpaired) electrons. The number of nitrogens with one attached hydrogen (secondary N) is 1. The smallest absolute Gasteiger partial charge is 0.303 e. The lowest BCUT2D eigenvalue weighted by atomic mass is 9.86. The molecule has 8 bridgehead atoms. The van der Waals surface area contributed by atoms with Crippen LogP contribution in [0.5, 0.6) is 0 Å². The van der Waals surface area contributed by atoms with E-state index >= 15 is 0 Å². The third-order valence-electron chi connectivity index (χ3n) is 10.2. The molecule has 47 heavy (non-hydrogen) atoms. The Hall–Kier alpha value is -4.43. The number of allylic oxidation sites excluding steroid dienone is 12. The molecule has 8 heteroatoms. The van der Waals surface area contributed by atoms with E-state index in [-0.39, 0.29) is 18.3 Å². The van der Waals surface area contributed by atoms with E-state index < -0.39 is 5.97 Å². The van der Waals surface area contributed by atoms with E-state index in [1.807, 2.05) is 24.8 Å². The molecule has 5 heterocycles. The maximum atomic E-state index is 11.7. The predicted molar refractivity (Wildman–Crippen MR) is 191 cm³/mol. The Labute approximate surface area is 280 Å². The van der Waals surface area contributed by atoms with Gasteiger partial charge in [0, 0.05) is 57.9 Å². The fraction of sp³-hybridized carbons (Fsp3) is 0.333. The molecule has 1 saturated heterocycles. The largest absolute Gasteiger partial charge is 0.511 e. The van der Waals surface area contributed by atoms with Crippen LogP contribution >= 0.6 is 11.8 Å². The molecule has 2 atom stereocenters. The number of rotatable bonds is 8. The van der Waals surface area contributed by atoms with Crippen molar-refractivity contribution in [2.75, 3.05) is 5.75 Å². The molecule has 1 aliphatic carbocycles. The lowest BCUT2D eigenvalue weighted by molar-refractivity contribution is -0.137. The summed E-state index contributed by atoms with van der Waals surface area (Å²) in [6.45, 7) is 10.6. The number of carbonyl (C=O) groups is 1. The number of benzene rings is 1. The average Bonchev–Trinajstić information content (AvgIpc) is 3.80. The van der Waals surface area contributed by atoms with Gasteiger partial charge in [0.1, 0.15) is 5.76 Å². The van der Waals surface area contributed by atoms with Gasteiger partial charge in [-0.1, -0.05) is 32.0 Å². The zero-order valence-electron chi connectivity index (χ0n) is 27.6. The highest BCUT2D eigenvalue weighted by Gasteiger charge is 2.41. The van der Waals surface area contributed by atoms with Gasteiger partial charge in [0.05, 0.1) is 34.2 Å². The molecule has 6 aliphatic rings. The monoisotopic (exact) mass is 644 g/mol. The molecule has 1 aromatic rings. The second-order valence-electron chi connectivity index (χ2n) is 12.9. The number of carboxylic acid groups (broad SMARTS) is 1. The number of nitrogens with zero attached hydrogens (tertiary/aromatic N) is 3. The van der Waals surface area contributed by atoms with Gasteiger partial charge >= 0.3 is 5.97 Å². The molecule has 0 amide bonds. The van der Waals surface area contributed by atoms with Gasteiger partial charge in [-0.25, -0.2) is 15.0 Å². The predicted octanol–water partition coefficient (Wildman–Crippen LogP) is 8.71.